The molecule has 0 fully saturated rings. The fraction of sp³-hybridized carbons (Fsp3) is 0.0714. The molecule has 20 heavy (non-hydrogen) atoms. The van der Waals surface area contributed by atoms with Gasteiger partial charge in [-0.25, -0.2) is 4.39 Å². The van der Waals surface area contributed by atoms with Gasteiger partial charge in [0.05, 0.1) is 22.2 Å². The van der Waals surface area contributed by atoms with Crippen LogP contribution in [0.4, 0.5) is 10.1 Å². The van der Waals surface area contributed by atoms with Crippen molar-refractivity contribution in [1.82, 2.24) is 4.98 Å². The first-order chi connectivity index (χ1) is 9.52. The van der Waals surface area contributed by atoms with Crippen molar-refractivity contribution in [2.24, 2.45) is 0 Å². The smallest absolute Gasteiger partial charge is 0.257 e. The standard InChI is InChI=1S/C14H9ClFN3O/c1-8-12(16)4-9(6-17)5-13(8)19-14(20)10-2-3-18-7-11(10)15/h2-5,7H,1H3,(H,19,20). The van der Waals surface area contributed by atoms with Crippen LogP contribution in [0.5, 0.6) is 0 Å². The lowest BCUT2D eigenvalue weighted by Crippen LogP contribution is -2.14. The van der Waals surface area contributed by atoms with Gasteiger partial charge in [-0.05, 0) is 25.1 Å². The Morgan fingerprint density at radius 3 is 2.90 bits per heavy atom. The minimum Gasteiger partial charge on any atom is -0.322 e. The van der Waals surface area contributed by atoms with Crippen molar-refractivity contribution in [1.29, 1.82) is 5.26 Å². The van der Waals surface area contributed by atoms with E-state index in [4.69, 9.17) is 16.9 Å². The number of pyridine rings is 1. The fourth-order valence-electron chi connectivity index (χ4n) is 1.62. The van der Waals surface area contributed by atoms with Gasteiger partial charge in [0.25, 0.3) is 5.91 Å². The van der Waals surface area contributed by atoms with E-state index in [1.54, 1.807) is 0 Å². The van der Waals surface area contributed by atoms with Crippen molar-refractivity contribution in [2.75, 3.05) is 5.32 Å². The average Bonchev–Trinajstić information content (AvgIpc) is 2.43. The van der Waals surface area contributed by atoms with E-state index in [0.717, 1.165) is 6.07 Å². The highest BCUT2D eigenvalue weighted by molar-refractivity contribution is 6.34. The molecule has 6 heteroatoms. The van der Waals surface area contributed by atoms with Crippen LogP contribution in [0.25, 0.3) is 0 Å². The molecule has 0 aliphatic carbocycles. The van der Waals surface area contributed by atoms with Gasteiger partial charge in [-0.3, -0.25) is 9.78 Å². The lowest BCUT2D eigenvalue weighted by molar-refractivity contribution is 0.102. The van der Waals surface area contributed by atoms with Crippen LogP contribution in [0.15, 0.2) is 30.6 Å². The topological polar surface area (TPSA) is 65.8 Å². The van der Waals surface area contributed by atoms with Crippen LogP contribution in [0.3, 0.4) is 0 Å². The summed E-state index contributed by atoms with van der Waals surface area (Å²) in [5.41, 5.74) is 0.843. The molecule has 100 valence electrons. The zero-order valence-corrected chi connectivity index (χ0v) is 11.2. The van der Waals surface area contributed by atoms with Crippen LogP contribution < -0.4 is 5.32 Å². The number of halogens is 2. The predicted octanol–water partition coefficient (Wildman–Crippen LogP) is 3.31. The number of nitrogens with zero attached hydrogens (tertiary/aromatic N) is 2. The molecule has 2 rings (SSSR count). The molecule has 0 bridgehead atoms. The molecule has 4 nitrogen and oxygen atoms in total. The second kappa shape index (κ2) is 5.68. The highest BCUT2D eigenvalue weighted by Gasteiger charge is 2.14. The molecule has 0 aliphatic heterocycles. The molecule has 1 aromatic heterocycles. The van der Waals surface area contributed by atoms with E-state index in [9.17, 15) is 9.18 Å². The molecule has 2 aromatic rings. The molecule has 0 unspecified atom stereocenters. The molecule has 0 spiro atoms. The normalized spacial score (nSPS) is 9.90. The van der Waals surface area contributed by atoms with E-state index in [2.05, 4.69) is 10.3 Å². The Hall–Kier alpha value is -2.45. The van der Waals surface area contributed by atoms with Gasteiger partial charge < -0.3 is 5.32 Å². The Balaban J connectivity index is 2.36. The van der Waals surface area contributed by atoms with Crippen LogP contribution in [-0.2, 0) is 0 Å². The molecular weight excluding hydrogens is 281 g/mol. The van der Waals surface area contributed by atoms with Crippen LogP contribution in [0, 0.1) is 24.1 Å². The minimum absolute atomic E-state index is 0.129. The third-order valence-electron chi connectivity index (χ3n) is 2.74. The van der Waals surface area contributed by atoms with E-state index in [1.165, 1.54) is 31.5 Å². The first-order valence-electron chi connectivity index (χ1n) is 5.64. The molecule has 0 radical (unpaired) electrons. The van der Waals surface area contributed by atoms with Crippen molar-refractivity contribution in [2.45, 2.75) is 6.92 Å². The van der Waals surface area contributed by atoms with E-state index < -0.39 is 11.7 Å². The zero-order valence-electron chi connectivity index (χ0n) is 10.4. The lowest BCUT2D eigenvalue weighted by atomic mass is 10.1. The molecule has 1 aromatic carbocycles. The van der Waals surface area contributed by atoms with Crippen molar-refractivity contribution < 1.29 is 9.18 Å². The van der Waals surface area contributed by atoms with Crippen molar-refractivity contribution in [3.63, 3.8) is 0 Å². The van der Waals surface area contributed by atoms with E-state index in [1.807, 2.05) is 6.07 Å². The number of anilines is 1. The quantitative estimate of drug-likeness (QED) is 0.922. The molecule has 1 heterocycles. The first kappa shape index (κ1) is 14.0. The Labute approximate surface area is 119 Å². The summed E-state index contributed by atoms with van der Waals surface area (Å²) in [4.78, 5) is 15.8. The molecule has 0 saturated heterocycles. The maximum atomic E-state index is 13.6. The summed E-state index contributed by atoms with van der Waals surface area (Å²) in [7, 11) is 0. The number of benzene rings is 1. The zero-order chi connectivity index (χ0) is 14.7. The van der Waals surface area contributed by atoms with Gasteiger partial charge in [-0.1, -0.05) is 11.6 Å². The number of hydrogen-bond acceptors (Lipinski definition) is 3. The SMILES string of the molecule is Cc1c(F)cc(C#N)cc1NC(=O)c1ccncc1Cl. The van der Waals surface area contributed by atoms with Gasteiger partial charge in [0.2, 0.25) is 0 Å². The summed E-state index contributed by atoms with van der Waals surface area (Å²) >= 11 is 5.87. The Morgan fingerprint density at radius 2 is 2.25 bits per heavy atom. The van der Waals surface area contributed by atoms with E-state index in [-0.39, 0.29) is 27.4 Å². The second-order valence-corrected chi connectivity index (χ2v) is 4.46. The molecule has 1 N–H and O–H groups in total. The summed E-state index contributed by atoms with van der Waals surface area (Å²) in [5.74, 6) is -1.05. The van der Waals surface area contributed by atoms with Crippen LogP contribution in [0.2, 0.25) is 5.02 Å². The number of nitriles is 1. The first-order valence-corrected chi connectivity index (χ1v) is 6.02. The fourth-order valence-corrected chi connectivity index (χ4v) is 1.83. The van der Waals surface area contributed by atoms with Crippen molar-refractivity contribution >= 4 is 23.2 Å². The van der Waals surface area contributed by atoms with E-state index in [0.29, 0.717) is 0 Å². The van der Waals surface area contributed by atoms with Gasteiger partial charge in [0, 0.05) is 23.6 Å². The molecule has 0 saturated carbocycles. The number of carbonyl (C=O) groups is 1. The van der Waals surface area contributed by atoms with Gasteiger partial charge >= 0.3 is 0 Å². The Morgan fingerprint density at radius 1 is 1.50 bits per heavy atom. The molecule has 0 aliphatic rings. The third kappa shape index (κ3) is 2.76. The number of aromatic nitrogens is 1. The second-order valence-electron chi connectivity index (χ2n) is 4.05. The highest BCUT2D eigenvalue weighted by atomic mass is 35.5. The van der Waals surface area contributed by atoms with Gasteiger partial charge in [0.1, 0.15) is 5.82 Å². The van der Waals surface area contributed by atoms with Crippen molar-refractivity contribution in [3.05, 3.63) is 58.1 Å². The summed E-state index contributed by atoms with van der Waals surface area (Å²) in [6, 6.07) is 5.81. The Kier molecular flexibility index (Phi) is 3.97. The third-order valence-corrected chi connectivity index (χ3v) is 3.04. The molecular formula is C14H9ClFN3O. The number of hydrogen-bond donors (Lipinski definition) is 1. The van der Waals surface area contributed by atoms with Crippen LogP contribution >= 0.6 is 11.6 Å². The monoisotopic (exact) mass is 289 g/mol. The number of rotatable bonds is 2. The maximum Gasteiger partial charge on any atom is 0.257 e. The maximum absolute atomic E-state index is 13.6. The number of carbonyl (C=O) groups excluding carboxylic acids is 1. The number of nitrogens with one attached hydrogen (secondary N) is 1. The molecule has 1 amide bonds. The minimum atomic E-state index is -0.555. The summed E-state index contributed by atoms with van der Waals surface area (Å²) in [5, 5.41) is 11.5. The summed E-state index contributed by atoms with van der Waals surface area (Å²) in [6.45, 7) is 1.51. The largest absolute Gasteiger partial charge is 0.322 e. The van der Waals surface area contributed by atoms with Gasteiger partial charge in [-0.2, -0.15) is 5.26 Å². The summed E-state index contributed by atoms with van der Waals surface area (Å²) < 4.78 is 13.6. The van der Waals surface area contributed by atoms with Crippen LogP contribution in [0.1, 0.15) is 21.5 Å². The van der Waals surface area contributed by atoms with E-state index >= 15 is 0 Å². The molecule has 0 atom stereocenters. The van der Waals surface area contributed by atoms with Gasteiger partial charge in [-0.15, -0.1) is 0 Å². The lowest BCUT2D eigenvalue weighted by Gasteiger charge is -2.10. The summed E-state index contributed by atoms with van der Waals surface area (Å²) in [6.07, 6.45) is 2.77. The average molecular weight is 290 g/mol. The predicted molar refractivity (Wildman–Crippen MR) is 73.1 cm³/mol. The van der Waals surface area contributed by atoms with Crippen LogP contribution in [-0.4, -0.2) is 10.9 Å². The highest BCUT2D eigenvalue weighted by Crippen LogP contribution is 2.22. The van der Waals surface area contributed by atoms with Crippen molar-refractivity contribution in [3.8, 4) is 6.07 Å². The van der Waals surface area contributed by atoms with Gasteiger partial charge in [0.15, 0.2) is 0 Å². The Bertz CT molecular complexity index is 725. The number of amides is 1.